The van der Waals surface area contributed by atoms with Crippen LogP contribution in [0.1, 0.15) is 107 Å². The second-order valence-electron chi connectivity index (χ2n) is 16.2. The van der Waals surface area contributed by atoms with Crippen LogP contribution in [0.5, 0.6) is 0 Å². The molecular weight excluding hydrogens is 741 g/mol. The normalized spacial score (nSPS) is 16.9. The fourth-order valence-corrected chi connectivity index (χ4v) is 8.15. The maximum atomic E-state index is 14.0. The third-order valence-corrected chi connectivity index (χ3v) is 11.8. The van der Waals surface area contributed by atoms with Crippen LogP contribution in [-0.2, 0) is 19.2 Å². The van der Waals surface area contributed by atoms with Gasteiger partial charge in [-0.25, -0.2) is 10.4 Å². The van der Waals surface area contributed by atoms with Gasteiger partial charge in [-0.15, -0.1) is 11.3 Å². The average molecular weight is 801 g/mol. The summed E-state index contributed by atoms with van der Waals surface area (Å²) < 4.78 is 0. The van der Waals surface area contributed by atoms with Gasteiger partial charge in [0.25, 0.3) is 5.91 Å². The molecule has 2 aliphatic heterocycles. The molecule has 0 aliphatic carbocycles. The van der Waals surface area contributed by atoms with Gasteiger partial charge in [0.15, 0.2) is 0 Å². The number of amides is 5. The summed E-state index contributed by atoms with van der Waals surface area (Å²) in [7, 11) is 0. The lowest BCUT2D eigenvalue weighted by molar-refractivity contribution is -0.144. The molecule has 1 aromatic heterocycles. The Kier molecular flexibility index (Phi) is 15.2. The second-order valence-corrected chi connectivity index (χ2v) is 17.0. The van der Waals surface area contributed by atoms with E-state index in [1.165, 1.54) is 0 Å². The first kappa shape index (κ1) is 43.3. The van der Waals surface area contributed by atoms with E-state index in [0.717, 1.165) is 33.8 Å². The van der Waals surface area contributed by atoms with Gasteiger partial charge in [0.2, 0.25) is 23.6 Å². The molecule has 13 nitrogen and oxygen atoms in total. The van der Waals surface area contributed by atoms with Crippen LogP contribution >= 0.6 is 11.3 Å². The number of piperazine rings is 1. The Morgan fingerprint density at radius 3 is 2.21 bits per heavy atom. The lowest BCUT2D eigenvalue weighted by atomic mass is 9.85. The number of aryl methyl sites for hydroxylation is 1. The van der Waals surface area contributed by atoms with E-state index in [9.17, 15) is 24.0 Å². The van der Waals surface area contributed by atoms with E-state index in [1.54, 1.807) is 16.2 Å². The number of nitrogens with zero attached hydrogens (tertiary/aromatic N) is 4. The summed E-state index contributed by atoms with van der Waals surface area (Å²) in [6.07, 6.45) is 3.83. The van der Waals surface area contributed by atoms with Crippen LogP contribution in [0.25, 0.3) is 10.4 Å². The highest BCUT2D eigenvalue weighted by Crippen LogP contribution is 2.30. The number of anilines is 1. The molecular formula is C43H60N8O5S. The average Bonchev–Trinajstić information content (AvgIpc) is 3.88. The third kappa shape index (κ3) is 11.6. The van der Waals surface area contributed by atoms with E-state index < -0.39 is 17.5 Å². The Hall–Kier alpha value is -4.82. The largest absolute Gasteiger partial charge is 0.368 e. The van der Waals surface area contributed by atoms with Gasteiger partial charge in [-0.05, 0) is 86.8 Å². The first-order valence-corrected chi connectivity index (χ1v) is 21.2. The van der Waals surface area contributed by atoms with Crippen molar-refractivity contribution in [1.82, 2.24) is 36.3 Å². The van der Waals surface area contributed by atoms with Crippen LogP contribution in [0, 0.1) is 12.3 Å². The van der Waals surface area contributed by atoms with Crippen LogP contribution in [0.4, 0.5) is 5.69 Å². The van der Waals surface area contributed by atoms with Gasteiger partial charge in [0, 0.05) is 63.4 Å². The lowest BCUT2D eigenvalue weighted by Gasteiger charge is -2.36. The minimum absolute atomic E-state index is 0.0695. The summed E-state index contributed by atoms with van der Waals surface area (Å²) in [6.45, 7) is 15.5. The van der Waals surface area contributed by atoms with Crippen molar-refractivity contribution in [2.75, 3.05) is 44.2 Å². The van der Waals surface area contributed by atoms with Gasteiger partial charge >= 0.3 is 0 Å². The van der Waals surface area contributed by atoms with Crippen molar-refractivity contribution in [2.45, 2.75) is 105 Å². The molecule has 2 aliphatic rings. The summed E-state index contributed by atoms with van der Waals surface area (Å²) in [5.41, 5.74) is 11.5. The molecule has 57 heavy (non-hydrogen) atoms. The summed E-state index contributed by atoms with van der Waals surface area (Å²) >= 11 is 1.60. The third-order valence-electron chi connectivity index (χ3n) is 10.8. The number of unbranched alkanes of at least 4 members (excludes halogenated alkanes) is 1. The zero-order chi connectivity index (χ0) is 41.1. The lowest BCUT2D eigenvalue weighted by Crippen LogP contribution is -2.57. The topological polar surface area (TPSA) is 156 Å². The van der Waals surface area contributed by atoms with Gasteiger partial charge in [0.1, 0.15) is 12.1 Å². The number of hydrazine groups is 1. The zero-order valence-electron chi connectivity index (χ0n) is 34.4. The minimum Gasteiger partial charge on any atom is -0.368 e. The molecule has 0 spiro atoms. The van der Waals surface area contributed by atoms with E-state index in [2.05, 4.69) is 31.4 Å². The number of thiazole rings is 1. The fraction of sp³-hybridized carbons (Fsp3) is 0.535. The maximum Gasteiger partial charge on any atom is 0.265 e. The summed E-state index contributed by atoms with van der Waals surface area (Å²) in [5.74, 6) is -0.789. The van der Waals surface area contributed by atoms with Crippen molar-refractivity contribution in [2.24, 2.45) is 5.41 Å². The molecule has 0 saturated carbocycles. The molecule has 2 saturated heterocycles. The zero-order valence-corrected chi connectivity index (χ0v) is 35.2. The number of nitrogens with one attached hydrogen (secondary N) is 4. The molecule has 0 radical (unpaired) electrons. The molecule has 4 N–H and O–H groups in total. The number of benzene rings is 2. The molecule has 14 heteroatoms. The number of carbonyl (C=O) groups is 5. The maximum absolute atomic E-state index is 14.0. The van der Waals surface area contributed by atoms with Gasteiger partial charge in [-0.3, -0.25) is 29.4 Å². The molecule has 308 valence electrons. The number of rotatable bonds is 16. The molecule has 5 amide bonds. The van der Waals surface area contributed by atoms with E-state index >= 15 is 0 Å². The molecule has 2 aromatic carbocycles. The first-order chi connectivity index (χ1) is 27.3. The van der Waals surface area contributed by atoms with Crippen molar-refractivity contribution in [3.8, 4) is 10.4 Å². The number of aromatic nitrogens is 1. The second kappa shape index (κ2) is 20.0. The molecule has 5 rings (SSSR count). The Bertz CT molecular complexity index is 1830. The van der Waals surface area contributed by atoms with Gasteiger partial charge < -0.3 is 25.3 Å². The van der Waals surface area contributed by atoms with Crippen molar-refractivity contribution in [3.05, 3.63) is 70.9 Å². The molecule has 0 unspecified atom stereocenters. The van der Waals surface area contributed by atoms with E-state index in [1.807, 2.05) is 100 Å². The van der Waals surface area contributed by atoms with Crippen molar-refractivity contribution in [1.29, 1.82) is 0 Å². The molecule has 3 atom stereocenters. The smallest absolute Gasteiger partial charge is 0.265 e. The van der Waals surface area contributed by atoms with Gasteiger partial charge in [-0.2, -0.15) is 0 Å². The van der Waals surface area contributed by atoms with Crippen molar-refractivity contribution in [3.63, 3.8) is 0 Å². The number of carbonyl (C=O) groups excluding carboxylic acids is 5. The van der Waals surface area contributed by atoms with Crippen LogP contribution in [-0.4, -0.2) is 95.7 Å². The summed E-state index contributed by atoms with van der Waals surface area (Å²) in [5, 5.41) is 6.10. The number of hydrogen-bond acceptors (Lipinski definition) is 9. The SMILES string of the molecule is CCCNNC(=O)c1ccc(N2CCN(C(=O)CCCCC(=O)N[C@H](C(=O)N3CCC[C@H]3C(=O)N[C@@H](C)c3ccc(-c4scnc4C)cc3)C(C)(C)C)CC2)cc1. The van der Waals surface area contributed by atoms with E-state index in [0.29, 0.717) is 76.9 Å². The first-order valence-electron chi connectivity index (χ1n) is 20.3. The van der Waals surface area contributed by atoms with Crippen LogP contribution in [0.15, 0.2) is 54.0 Å². The molecule has 3 heterocycles. The standard InChI is InChI=1S/C43H60N8O5S/c1-7-22-45-48-40(54)33-18-20-34(21-19-33)49-24-26-50(27-25-49)37(53)13-9-8-12-36(52)47-39(43(4,5)6)42(56)51-23-10-11-35(51)41(55)46-29(2)31-14-16-32(17-15-31)38-30(3)44-28-57-38/h14-21,28-29,35,39,45H,7-13,22-27H2,1-6H3,(H,46,55)(H,47,52)(H,48,54)/t29-,35-,39+/m0/s1. The summed E-state index contributed by atoms with van der Waals surface area (Å²) in [4.78, 5) is 77.3. The monoisotopic (exact) mass is 800 g/mol. The van der Waals surface area contributed by atoms with Crippen molar-refractivity contribution < 1.29 is 24.0 Å². The number of hydrogen-bond donors (Lipinski definition) is 4. The van der Waals surface area contributed by atoms with Gasteiger partial charge in [0.05, 0.1) is 22.1 Å². The highest BCUT2D eigenvalue weighted by atomic mass is 32.1. The van der Waals surface area contributed by atoms with Crippen LogP contribution in [0.2, 0.25) is 0 Å². The van der Waals surface area contributed by atoms with Crippen LogP contribution < -0.4 is 26.4 Å². The van der Waals surface area contributed by atoms with E-state index in [-0.39, 0.29) is 42.0 Å². The Balaban J connectivity index is 1.04. The predicted octanol–water partition coefficient (Wildman–Crippen LogP) is 5.37. The van der Waals surface area contributed by atoms with E-state index in [4.69, 9.17) is 0 Å². The van der Waals surface area contributed by atoms with Gasteiger partial charge in [-0.1, -0.05) is 52.0 Å². The highest BCUT2D eigenvalue weighted by molar-refractivity contribution is 7.13. The summed E-state index contributed by atoms with van der Waals surface area (Å²) in [6, 6.07) is 13.9. The molecule has 2 fully saturated rings. The number of likely N-dealkylation sites (tertiary alicyclic amines) is 1. The Labute approximate surface area is 341 Å². The molecule has 3 aromatic rings. The predicted molar refractivity (Wildman–Crippen MR) is 224 cm³/mol. The Morgan fingerprint density at radius 2 is 1.58 bits per heavy atom. The minimum atomic E-state index is -0.798. The van der Waals surface area contributed by atoms with Crippen molar-refractivity contribution >= 4 is 46.6 Å². The Morgan fingerprint density at radius 1 is 0.895 bits per heavy atom. The molecule has 0 bridgehead atoms. The fourth-order valence-electron chi connectivity index (χ4n) is 7.34. The highest BCUT2D eigenvalue weighted by Gasteiger charge is 2.42. The van der Waals surface area contributed by atoms with Crippen LogP contribution in [0.3, 0.4) is 0 Å². The quantitative estimate of drug-likeness (QED) is 0.111.